The largest absolute Gasteiger partial charge is 0.491 e. The second-order valence-corrected chi connectivity index (χ2v) is 4.62. The summed E-state index contributed by atoms with van der Waals surface area (Å²) in [6.45, 7) is 12.2. The number of ketones is 1. The molecule has 0 atom stereocenters. The summed E-state index contributed by atoms with van der Waals surface area (Å²) < 4.78 is 5.32. The number of rotatable bonds is 5. The van der Waals surface area contributed by atoms with Crippen molar-refractivity contribution in [2.75, 3.05) is 44.2 Å². The fourth-order valence-corrected chi connectivity index (χ4v) is 2.13. The average molecular weight is 294 g/mol. The minimum Gasteiger partial charge on any atom is -0.491 e. The zero-order valence-corrected chi connectivity index (χ0v) is 13.5. The second kappa shape index (κ2) is 9.28. The highest BCUT2D eigenvalue weighted by Crippen LogP contribution is 2.13. The number of aromatic nitrogens is 2. The number of hydrogen-bond donors (Lipinski definition) is 0. The molecule has 0 spiro atoms. The van der Waals surface area contributed by atoms with Crippen LogP contribution >= 0.6 is 0 Å². The zero-order valence-electron chi connectivity index (χ0n) is 13.5. The summed E-state index contributed by atoms with van der Waals surface area (Å²) in [5, 5.41) is 0. The summed E-state index contributed by atoms with van der Waals surface area (Å²) in [6, 6.07) is 0. The predicted octanol–water partition coefficient (Wildman–Crippen LogP) is 1.61. The minimum absolute atomic E-state index is 0.214. The van der Waals surface area contributed by atoms with Gasteiger partial charge in [0.25, 0.3) is 0 Å². The van der Waals surface area contributed by atoms with E-state index in [2.05, 4.69) is 19.8 Å². The topological polar surface area (TPSA) is 58.6 Å². The average Bonchev–Trinajstić information content (AvgIpc) is 2.51. The van der Waals surface area contributed by atoms with Gasteiger partial charge in [0.05, 0.1) is 25.5 Å². The number of piperazine rings is 1. The van der Waals surface area contributed by atoms with Crippen LogP contribution in [0.3, 0.4) is 0 Å². The number of nitrogens with zero attached hydrogens (tertiary/aromatic N) is 4. The van der Waals surface area contributed by atoms with Crippen molar-refractivity contribution >= 4 is 11.7 Å². The molecular weight excluding hydrogens is 268 g/mol. The van der Waals surface area contributed by atoms with Gasteiger partial charge in [-0.05, 0) is 13.8 Å². The molecule has 1 aromatic rings. The normalized spacial score (nSPS) is 15.1. The molecule has 0 bridgehead atoms. The molecule has 0 aromatic carbocycles. The van der Waals surface area contributed by atoms with Crippen LogP contribution in [0.2, 0.25) is 0 Å². The summed E-state index contributed by atoms with van der Waals surface area (Å²) >= 11 is 0. The molecule has 1 fully saturated rings. The lowest BCUT2D eigenvalue weighted by atomic mass is 10.3. The zero-order chi connectivity index (χ0) is 15.7. The predicted molar refractivity (Wildman–Crippen MR) is 83.9 cm³/mol. The summed E-state index contributed by atoms with van der Waals surface area (Å²) in [5.74, 6) is 1.64. The van der Waals surface area contributed by atoms with Crippen molar-refractivity contribution in [1.82, 2.24) is 14.9 Å². The Labute approximate surface area is 127 Å². The Bertz CT molecular complexity index is 414. The lowest BCUT2D eigenvalue weighted by Gasteiger charge is -2.34. The van der Waals surface area contributed by atoms with E-state index in [1.807, 2.05) is 20.8 Å². The molecule has 6 heteroatoms. The molecule has 1 aliphatic heterocycles. The molecule has 0 amide bonds. The number of carbonyl (C=O) groups excluding carboxylic acids is 1. The van der Waals surface area contributed by atoms with Crippen LogP contribution in [-0.2, 0) is 4.79 Å². The third-order valence-electron chi connectivity index (χ3n) is 3.03. The van der Waals surface area contributed by atoms with Gasteiger partial charge < -0.3 is 9.64 Å². The maximum Gasteiger partial charge on any atom is 0.225 e. The molecule has 118 valence electrons. The fourth-order valence-electron chi connectivity index (χ4n) is 2.13. The van der Waals surface area contributed by atoms with Crippen LogP contribution in [0.15, 0.2) is 12.4 Å². The van der Waals surface area contributed by atoms with Crippen molar-refractivity contribution in [3.05, 3.63) is 12.4 Å². The molecule has 0 saturated carbocycles. The molecule has 2 heterocycles. The highest BCUT2D eigenvalue weighted by Gasteiger charge is 2.19. The van der Waals surface area contributed by atoms with E-state index in [1.54, 1.807) is 19.3 Å². The Kier molecular flexibility index (Phi) is 7.68. The SMILES string of the molecule is CC.CCOc1cnc(N2CCN(CC(C)=O)CC2)nc1. The van der Waals surface area contributed by atoms with Crippen LogP contribution in [0, 0.1) is 0 Å². The van der Waals surface area contributed by atoms with Crippen molar-refractivity contribution in [3.63, 3.8) is 0 Å². The van der Waals surface area contributed by atoms with Gasteiger partial charge in [-0.15, -0.1) is 0 Å². The molecule has 0 aliphatic carbocycles. The molecule has 0 N–H and O–H groups in total. The smallest absolute Gasteiger partial charge is 0.225 e. The van der Waals surface area contributed by atoms with Gasteiger partial charge in [-0.3, -0.25) is 9.69 Å². The highest BCUT2D eigenvalue weighted by atomic mass is 16.5. The lowest BCUT2D eigenvalue weighted by molar-refractivity contribution is -0.118. The Balaban J connectivity index is 0.00000106. The van der Waals surface area contributed by atoms with E-state index in [0.717, 1.165) is 32.1 Å². The van der Waals surface area contributed by atoms with Gasteiger partial charge in [-0.25, -0.2) is 9.97 Å². The molecule has 6 nitrogen and oxygen atoms in total. The first-order valence-corrected chi connectivity index (χ1v) is 7.60. The molecule has 1 aliphatic rings. The van der Waals surface area contributed by atoms with Gasteiger partial charge in [0.15, 0.2) is 5.75 Å². The van der Waals surface area contributed by atoms with Crippen LogP contribution in [0.4, 0.5) is 5.95 Å². The van der Waals surface area contributed by atoms with Crippen LogP contribution in [0.25, 0.3) is 0 Å². The molecule has 0 radical (unpaired) electrons. The molecule has 21 heavy (non-hydrogen) atoms. The molecular formula is C15H26N4O2. The van der Waals surface area contributed by atoms with Crippen molar-refractivity contribution in [3.8, 4) is 5.75 Å². The fraction of sp³-hybridized carbons (Fsp3) is 0.667. The third-order valence-corrected chi connectivity index (χ3v) is 3.03. The van der Waals surface area contributed by atoms with Crippen molar-refractivity contribution in [1.29, 1.82) is 0 Å². The van der Waals surface area contributed by atoms with Gasteiger partial charge in [-0.1, -0.05) is 13.8 Å². The van der Waals surface area contributed by atoms with E-state index in [1.165, 1.54) is 0 Å². The first kappa shape index (κ1) is 17.4. The lowest BCUT2D eigenvalue weighted by Crippen LogP contribution is -2.48. The van der Waals surface area contributed by atoms with Crippen LogP contribution in [-0.4, -0.2) is 60.0 Å². The Morgan fingerprint density at radius 3 is 2.24 bits per heavy atom. The van der Waals surface area contributed by atoms with E-state index >= 15 is 0 Å². The van der Waals surface area contributed by atoms with E-state index in [-0.39, 0.29) is 5.78 Å². The monoisotopic (exact) mass is 294 g/mol. The Hall–Kier alpha value is -1.69. The first-order chi connectivity index (χ1) is 10.2. The van der Waals surface area contributed by atoms with Crippen LogP contribution in [0.1, 0.15) is 27.7 Å². The van der Waals surface area contributed by atoms with E-state index in [9.17, 15) is 4.79 Å². The molecule has 1 saturated heterocycles. The molecule has 0 unspecified atom stereocenters. The summed E-state index contributed by atoms with van der Waals surface area (Å²) in [5.41, 5.74) is 0. The van der Waals surface area contributed by atoms with Crippen LogP contribution in [0.5, 0.6) is 5.75 Å². The number of carbonyl (C=O) groups is 1. The number of anilines is 1. The Morgan fingerprint density at radius 2 is 1.76 bits per heavy atom. The van der Waals surface area contributed by atoms with Gasteiger partial charge in [0.1, 0.15) is 5.78 Å². The maximum atomic E-state index is 11.1. The number of ether oxygens (including phenoxy) is 1. The standard InChI is InChI=1S/C13H20N4O2.C2H6/c1-3-19-12-8-14-13(15-9-12)17-6-4-16(5-7-17)10-11(2)18;1-2/h8-9H,3-7,10H2,1-2H3;1-2H3. The van der Waals surface area contributed by atoms with E-state index < -0.39 is 0 Å². The number of hydrogen-bond acceptors (Lipinski definition) is 6. The third kappa shape index (κ3) is 5.67. The number of Topliss-reactive ketones (excluding diaryl/α,β-unsaturated/α-hetero) is 1. The maximum absolute atomic E-state index is 11.1. The highest BCUT2D eigenvalue weighted by molar-refractivity contribution is 5.77. The quantitative estimate of drug-likeness (QED) is 0.822. The van der Waals surface area contributed by atoms with Gasteiger partial charge in [-0.2, -0.15) is 0 Å². The summed E-state index contributed by atoms with van der Waals surface area (Å²) in [7, 11) is 0. The minimum atomic E-state index is 0.214. The molecule has 1 aromatic heterocycles. The summed E-state index contributed by atoms with van der Waals surface area (Å²) in [4.78, 5) is 24.0. The Morgan fingerprint density at radius 1 is 1.19 bits per heavy atom. The molecule has 2 rings (SSSR count). The van der Waals surface area contributed by atoms with Crippen molar-refractivity contribution < 1.29 is 9.53 Å². The van der Waals surface area contributed by atoms with E-state index in [0.29, 0.717) is 18.9 Å². The first-order valence-electron chi connectivity index (χ1n) is 7.60. The summed E-state index contributed by atoms with van der Waals surface area (Å²) in [6.07, 6.45) is 3.40. The van der Waals surface area contributed by atoms with Gasteiger partial charge >= 0.3 is 0 Å². The van der Waals surface area contributed by atoms with Crippen LogP contribution < -0.4 is 9.64 Å². The van der Waals surface area contributed by atoms with Crippen molar-refractivity contribution in [2.45, 2.75) is 27.7 Å². The van der Waals surface area contributed by atoms with Crippen molar-refractivity contribution in [2.24, 2.45) is 0 Å². The second-order valence-electron chi connectivity index (χ2n) is 4.62. The van der Waals surface area contributed by atoms with Gasteiger partial charge in [0.2, 0.25) is 5.95 Å². The van der Waals surface area contributed by atoms with Gasteiger partial charge in [0, 0.05) is 26.2 Å². The van der Waals surface area contributed by atoms with E-state index in [4.69, 9.17) is 4.74 Å².